The van der Waals surface area contributed by atoms with Crippen LogP contribution in [0.3, 0.4) is 0 Å². The Bertz CT molecular complexity index is 407. The molecule has 72 valence electrons. The van der Waals surface area contributed by atoms with E-state index in [1.165, 1.54) is 6.07 Å². The molecule has 14 heavy (non-hydrogen) atoms. The van der Waals surface area contributed by atoms with Crippen molar-refractivity contribution in [3.63, 3.8) is 0 Å². The Morgan fingerprint density at radius 2 is 2.29 bits per heavy atom. The second-order valence-corrected chi connectivity index (χ2v) is 3.37. The third kappa shape index (κ3) is 1.85. The van der Waals surface area contributed by atoms with Gasteiger partial charge in [0.25, 0.3) is 0 Å². The molecule has 1 N–H and O–H groups in total. The highest BCUT2D eigenvalue weighted by Gasteiger charge is 2.23. The molecular weight excluding hydrogens is 182 g/mol. The van der Waals surface area contributed by atoms with Gasteiger partial charge in [0, 0.05) is 0 Å². The van der Waals surface area contributed by atoms with E-state index in [9.17, 15) is 4.79 Å². The number of rotatable bonds is 2. The molecule has 1 rings (SSSR count). The summed E-state index contributed by atoms with van der Waals surface area (Å²) in [7, 11) is 0. The third-order valence-electron chi connectivity index (χ3n) is 1.82. The minimum atomic E-state index is -1.07. The molecule has 0 aliphatic heterocycles. The Morgan fingerprint density at radius 1 is 1.64 bits per heavy atom. The highest BCUT2D eigenvalue weighted by atomic mass is 16.4. The zero-order valence-corrected chi connectivity index (χ0v) is 7.85. The summed E-state index contributed by atoms with van der Waals surface area (Å²) in [5.74, 6) is -1.07. The number of carbonyl (C=O) groups is 1. The maximum absolute atomic E-state index is 10.6. The number of hydrogen-bond donors (Lipinski definition) is 1. The van der Waals surface area contributed by atoms with Gasteiger partial charge in [0.2, 0.25) is 0 Å². The van der Waals surface area contributed by atoms with E-state index in [0.717, 1.165) is 6.20 Å². The summed E-state index contributed by atoms with van der Waals surface area (Å²) in [5, 5.41) is 24.8. The number of carboxylic acids is 1. The molecule has 0 atom stereocenters. The molecule has 0 saturated heterocycles. The van der Waals surface area contributed by atoms with Gasteiger partial charge in [0.1, 0.15) is 0 Å². The molecule has 0 aliphatic rings. The van der Waals surface area contributed by atoms with E-state index < -0.39 is 11.4 Å². The molecule has 5 heteroatoms. The van der Waals surface area contributed by atoms with E-state index in [1.807, 2.05) is 6.07 Å². The van der Waals surface area contributed by atoms with Gasteiger partial charge in [0.05, 0.1) is 28.9 Å². The van der Waals surface area contributed by atoms with Crippen LogP contribution in [-0.4, -0.2) is 21.3 Å². The van der Waals surface area contributed by atoms with Crippen LogP contribution in [0.1, 0.15) is 29.9 Å². The lowest BCUT2D eigenvalue weighted by Crippen LogP contribution is -2.17. The molecule has 0 bridgehead atoms. The third-order valence-corrected chi connectivity index (χ3v) is 1.82. The first-order chi connectivity index (χ1) is 6.47. The van der Waals surface area contributed by atoms with Gasteiger partial charge in [-0.25, -0.2) is 4.79 Å². The van der Waals surface area contributed by atoms with E-state index in [4.69, 9.17) is 10.4 Å². The monoisotopic (exact) mass is 191 g/mol. The molecule has 0 unspecified atom stereocenters. The van der Waals surface area contributed by atoms with Crippen LogP contribution in [0.5, 0.6) is 0 Å². The number of aromatic nitrogens is 2. The molecule has 1 heterocycles. The van der Waals surface area contributed by atoms with Gasteiger partial charge in [-0.05, 0) is 19.9 Å². The molecule has 0 radical (unpaired) electrons. The van der Waals surface area contributed by atoms with E-state index >= 15 is 0 Å². The van der Waals surface area contributed by atoms with Gasteiger partial charge in [-0.3, -0.25) is 0 Å². The maximum atomic E-state index is 10.6. The highest BCUT2D eigenvalue weighted by molar-refractivity contribution is 5.87. The lowest BCUT2D eigenvalue weighted by molar-refractivity contribution is 0.0696. The van der Waals surface area contributed by atoms with Crippen LogP contribution in [0.4, 0.5) is 0 Å². The second-order valence-electron chi connectivity index (χ2n) is 3.37. The van der Waals surface area contributed by atoms with Crippen molar-refractivity contribution in [3.05, 3.63) is 23.5 Å². The number of nitrogens with zero attached hydrogens (tertiary/aromatic N) is 3. The Labute approximate surface area is 81.0 Å². The van der Waals surface area contributed by atoms with Crippen molar-refractivity contribution < 1.29 is 9.90 Å². The molecule has 1 aromatic heterocycles. The molecule has 1 aromatic rings. The predicted octanol–water partition coefficient (Wildman–Crippen LogP) is 0.976. The lowest BCUT2D eigenvalue weighted by Gasteiger charge is -2.13. The minimum absolute atomic E-state index is 0.0401. The average Bonchev–Trinajstić information content (AvgIpc) is 2.18. The van der Waals surface area contributed by atoms with Crippen LogP contribution < -0.4 is 0 Å². The van der Waals surface area contributed by atoms with Gasteiger partial charge < -0.3 is 5.11 Å². The number of carboxylic acid groups (broad SMARTS) is 1. The van der Waals surface area contributed by atoms with Crippen molar-refractivity contribution in [3.8, 4) is 6.07 Å². The van der Waals surface area contributed by atoms with Gasteiger partial charge in [-0.1, -0.05) is 0 Å². The van der Waals surface area contributed by atoms with E-state index in [2.05, 4.69) is 10.2 Å². The van der Waals surface area contributed by atoms with Crippen LogP contribution in [0.2, 0.25) is 0 Å². The van der Waals surface area contributed by atoms with Crippen molar-refractivity contribution in [1.29, 1.82) is 5.26 Å². The Morgan fingerprint density at radius 3 is 2.79 bits per heavy atom. The topological polar surface area (TPSA) is 86.9 Å². The first-order valence-corrected chi connectivity index (χ1v) is 3.95. The fourth-order valence-corrected chi connectivity index (χ4v) is 0.846. The van der Waals surface area contributed by atoms with Gasteiger partial charge in [-0.2, -0.15) is 15.5 Å². The van der Waals surface area contributed by atoms with Gasteiger partial charge in [-0.15, -0.1) is 0 Å². The minimum Gasteiger partial charge on any atom is -0.478 e. The average molecular weight is 191 g/mol. The largest absolute Gasteiger partial charge is 0.478 e. The summed E-state index contributed by atoms with van der Waals surface area (Å²) in [6.07, 6.45) is 1.15. The van der Waals surface area contributed by atoms with Crippen LogP contribution in [0, 0.1) is 11.3 Å². The quantitative estimate of drug-likeness (QED) is 0.752. The maximum Gasteiger partial charge on any atom is 0.337 e. The Hall–Kier alpha value is -1.96. The van der Waals surface area contributed by atoms with Crippen LogP contribution >= 0.6 is 0 Å². The fourth-order valence-electron chi connectivity index (χ4n) is 0.846. The number of aromatic carboxylic acids is 1. The molecule has 0 aromatic carbocycles. The molecule has 0 saturated carbocycles. The lowest BCUT2D eigenvalue weighted by atomic mass is 9.90. The zero-order chi connectivity index (χ0) is 10.8. The summed E-state index contributed by atoms with van der Waals surface area (Å²) in [6, 6.07) is 3.39. The van der Waals surface area contributed by atoms with Crippen LogP contribution in [0.15, 0.2) is 12.3 Å². The van der Waals surface area contributed by atoms with E-state index in [0.29, 0.717) is 5.69 Å². The van der Waals surface area contributed by atoms with E-state index in [-0.39, 0.29) is 5.56 Å². The summed E-state index contributed by atoms with van der Waals surface area (Å²) >= 11 is 0. The smallest absolute Gasteiger partial charge is 0.337 e. The number of nitriles is 1. The van der Waals surface area contributed by atoms with Crippen molar-refractivity contribution >= 4 is 5.97 Å². The fraction of sp³-hybridized carbons (Fsp3) is 0.333. The van der Waals surface area contributed by atoms with Crippen LogP contribution in [0.25, 0.3) is 0 Å². The molecule has 0 spiro atoms. The normalized spacial score (nSPS) is 10.6. The van der Waals surface area contributed by atoms with Gasteiger partial charge >= 0.3 is 5.97 Å². The zero-order valence-electron chi connectivity index (χ0n) is 7.85. The predicted molar refractivity (Wildman–Crippen MR) is 47.6 cm³/mol. The summed E-state index contributed by atoms with van der Waals surface area (Å²) in [5.41, 5.74) is -0.420. The first kappa shape index (κ1) is 10.1. The van der Waals surface area contributed by atoms with Gasteiger partial charge in [0.15, 0.2) is 0 Å². The Kier molecular flexibility index (Phi) is 2.47. The summed E-state index contributed by atoms with van der Waals surface area (Å²) < 4.78 is 0. The van der Waals surface area contributed by atoms with E-state index in [1.54, 1.807) is 13.8 Å². The first-order valence-electron chi connectivity index (χ1n) is 3.95. The molecule has 0 amide bonds. The molecule has 5 nitrogen and oxygen atoms in total. The molecule has 0 aliphatic carbocycles. The second kappa shape index (κ2) is 3.42. The Balaban J connectivity index is 3.20. The SMILES string of the molecule is CC(C)(C#N)c1cc(C(=O)O)cnn1. The van der Waals surface area contributed by atoms with Crippen molar-refractivity contribution in [2.24, 2.45) is 0 Å². The highest BCUT2D eigenvalue weighted by Crippen LogP contribution is 2.19. The molecular formula is C9H9N3O2. The summed E-state index contributed by atoms with van der Waals surface area (Å²) in [6.45, 7) is 3.31. The van der Waals surface area contributed by atoms with Crippen molar-refractivity contribution in [2.75, 3.05) is 0 Å². The van der Waals surface area contributed by atoms with Crippen molar-refractivity contribution in [2.45, 2.75) is 19.3 Å². The number of hydrogen-bond acceptors (Lipinski definition) is 4. The van der Waals surface area contributed by atoms with Crippen LogP contribution in [-0.2, 0) is 5.41 Å². The standard InChI is InChI=1S/C9H9N3O2/c1-9(2,5-10)7-3-6(8(13)14)4-11-12-7/h3-4H,1-2H3,(H,13,14). The van der Waals surface area contributed by atoms with Crippen molar-refractivity contribution in [1.82, 2.24) is 10.2 Å². The molecule has 0 fully saturated rings. The summed E-state index contributed by atoms with van der Waals surface area (Å²) in [4.78, 5) is 10.6.